The summed E-state index contributed by atoms with van der Waals surface area (Å²) in [6.07, 6.45) is 0.920. The molecule has 0 aliphatic rings. The second-order valence-corrected chi connectivity index (χ2v) is 4.39. The number of aliphatic hydroxyl groups excluding tert-OH is 1. The number of nitrogens with one attached hydrogen (secondary N) is 1. The van der Waals surface area contributed by atoms with E-state index in [2.05, 4.69) is 10.3 Å². The molecule has 0 radical (unpaired) electrons. The molecule has 5 nitrogen and oxygen atoms in total. The normalized spacial score (nSPS) is 11.8. The van der Waals surface area contributed by atoms with Gasteiger partial charge in [-0.3, -0.25) is 0 Å². The van der Waals surface area contributed by atoms with Crippen LogP contribution in [0.4, 0.5) is 10.1 Å². The summed E-state index contributed by atoms with van der Waals surface area (Å²) in [5.41, 5.74) is 0.775. The zero-order valence-electron chi connectivity index (χ0n) is 11.6. The standard InChI is InChI=1S/C15H17FN2O3/c1-20-15-7-4-12(8-18-15)17-9-13(19)10-21-14-5-2-11(16)3-6-14/h2-8,13,17,19H,9-10H2,1H3. The average Bonchev–Trinajstić information content (AvgIpc) is 2.53. The third kappa shape index (κ3) is 4.92. The maximum Gasteiger partial charge on any atom is 0.213 e. The molecule has 6 heteroatoms. The number of ether oxygens (including phenoxy) is 2. The minimum Gasteiger partial charge on any atom is -0.491 e. The highest BCUT2D eigenvalue weighted by atomic mass is 19.1. The van der Waals surface area contributed by atoms with Gasteiger partial charge in [-0.25, -0.2) is 9.37 Å². The number of rotatable bonds is 7. The van der Waals surface area contributed by atoms with Crippen LogP contribution in [0.3, 0.4) is 0 Å². The van der Waals surface area contributed by atoms with Crippen molar-refractivity contribution >= 4 is 5.69 Å². The summed E-state index contributed by atoms with van der Waals surface area (Å²) in [6, 6.07) is 9.18. The van der Waals surface area contributed by atoms with Crippen LogP contribution in [-0.4, -0.2) is 36.5 Å². The lowest BCUT2D eigenvalue weighted by atomic mass is 10.3. The van der Waals surface area contributed by atoms with E-state index in [0.717, 1.165) is 5.69 Å². The molecule has 1 atom stereocenters. The SMILES string of the molecule is COc1ccc(NCC(O)COc2ccc(F)cc2)cn1. The predicted octanol–water partition coefficient (Wildman–Crippen LogP) is 2.08. The smallest absolute Gasteiger partial charge is 0.213 e. The highest BCUT2D eigenvalue weighted by Crippen LogP contribution is 2.12. The first-order valence-electron chi connectivity index (χ1n) is 6.47. The third-order valence-electron chi connectivity index (χ3n) is 2.74. The van der Waals surface area contributed by atoms with Crippen molar-refractivity contribution in [2.45, 2.75) is 6.10 Å². The van der Waals surface area contributed by atoms with Gasteiger partial charge in [0.25, 0.3) is 0 Å². The first kappa shape index (κ1) is 15.1. The quantitative estimate of drug-likeness (QED) is 0.818. The number of anilines is 1. The summed E-state index contributed by atoms with van der Waals surface area (Å²) in [6.45, 7) is 0.428. The zero-order chi connectivity index (χ0) is 15.1. The van der Waals surface area contributed by atoms with Crippen molar-refractivity contribution in [3.63, 3.8) is 0 Å². The van der Waals surface area contributed by atoms with Crippen LogP contribution in [0.15, 0.2) is 42.6 Å². The third-order valence-corrected chi connectivity index (χ3v) is 2.74. The van der Waals surface area contributed by atoms with Crippen molar-refractivity contribution in [3.05, 3.63) is 48.4 Å². The number of halogens is 1. The van der Waals surface area contributed by atoms with E-state index in [-0.39, 0.29) is 12.4 Å². The topological polar surface area (TPSA) is 63.6 Å². The predicted molar refractivity (Wildman–Crippen MR) is 77.2 cm³/mol. The van der Waals surface area contributed by atoms with Gasteiger partial charge in [0.05, 0.1) is 19.0 Å². The van der Waals surface area contributed by atoms with Crippen LogP contribution < -0.4 is 14.8 Å². The number of nitrogens with zero attached hydrogens (tertiary/aromatic N) is 1. The van der Waals surface area contributed by atoms with Crippen molar-refractivity contribution in [2.24, 2.45) is 0 Å². The minimum atomic E-state index is -0.697. The lowest BCUT2D eigenvalue weighted by molar-refractivity contribution is 0.117. The number of aliphatic hydroxyl groups is 1. The molecule has 21 heavy (non-hydrogen) atoms. The lowest BCUT2D eigenvalue weighted by Crippen LogP contribution is -2.26. The molecule has 2 N–H and O–H groups in total. The monoisotopic (exact) mass is 292 g/mol. The van der Waals surface area contributed by atoms with Crippen molar-refractivity contribution in [3.8, 4) is 11.6 Å². The van der Waals surface area contributed by atoms with E-state index in [0.29, 0.717) is 18.2 Å². The molecule has 0 aliphatic heterocycles. The molecule has 0 saturated carbocycles. The molecular weight excluding hydrogens is 275 g/mol. The number of hydrogen-bond donors (Lipinski definition) is 2. The Labute approximate surface area is 122 Å². The molecule has 2 aromatic rings. The molecule has 1 aromatic heterocycles. The van der Waals surface area contributed by atoms with Gasteiger partial charge in [0.1, 0.15) is 24.3 Å². The Morgan fingerprint density at radius 3 is 2.62 bits per heavy atom. The molecule has 1 heterocycles. The van der Waals surface area contributed by atoms with Crippen LogP contribution in [0, 0.1) is 5.82 Å². The Morgan fingerprint density at radius 1 is 1.24 bits per heavy atom. The van der Waals surface area contributed by atoms with E-state index < -0.39 is 6.10 Å². The summed E-state index contributed by atoms with van der Waals surface area (Å²) in [5.74, 6) is 0.721. The van der Waals surface area contributed by atoms with Gasteiger partial charge in [0.2, 0.25) is 5.88 Å². The highest BCUT2D eigenvalue weighted by molar-refractivity contribution is 5.42. The van der Waals surface area contributed by atoms with Crippen LogP contribution in [0.5, 0.6) is 11.6 Å². The molecular formula is C15H17FN2O3. The highest BCUT2D eigenvalue weighted by Gasteiger charge is 2.06. The Bertz CT molecular complexity index is 546. The van der Waals surface area contributed by atoms with Crippen molar-refractivity contribution < 1.29 is 19.0 Å². The maximum absolute atomic E-state index is 12.7. The van der Waals surface area contributed by atoms with Crippen molar-refractivity contribution in [1.29, 1.82) is 0 Å². The second kappa shape index (κ2) is 7.44. The average molecular weight is 292 g/mol. The van der Waals surface area contributed by atoms with E-state index in [1.165, 1.54) is 24.3 Å². The Balaban J connectivity index is 1.73. The van der Waals surface area contributed by atoms with Gasteiger partial charge in [0, 0.05) is 12.6 Å². The van der Waals surface area contributed by atoms with Crippen LogP contribution in [0.1, 0.15) is 0 Å². The molecule has 1 aromatic carbocycles. The van der Waals surface area contributed by atoms with Gasteiger partial charge in [-0.05, 0) is 30.3 Å². The molecule has 0 spiro atoms. The molecule has 1 unspecified atom stereocenters. The molecule has 0 fully saturated rings. The van der Waals surface area contributed by atoms with Crippen LogP contribution in [0.25, 0.3) is 0 Å². The number of benzene rings is 1. The molecule has 2 rings (SSSR count). The van der Waals surface area contributed by atoms with Crippen LogP contribution in [0.2, 0.25) is 0 Å². The van der Waals surface area contributed by atoms with Crippen molar-refractivity contribution in [2.75, 3.05) is 25.6 Å². The van der Waals surface area contributed by atoms with Gasteiger partial charge in [-0.1, -0.05) is 0 Å². The van der Waals surface area contributed by atoms with Crippen LogP contribution >= 0.6 is 0 Å². The Kier molecular flexibility index (Phi) is 5.34. The van der Waals surface area contributed by atoms with E-state index >= 15 is 0 Å². The fourth-order valence-electron chi connectivity index (χ4n) is 1.62. The summed E-state index contributed by atoms with van der Waals surface area (Å²) in [7, 11) is 1.55. The van der Waals surface area contributed by atoms with E-state index in [1.807, 2.05) is 0 Å². The molecule has 112 valence electrons. The number of hydrogen-bond acceptors (Lipinski definition) is 5. The Hall–Kier alpha value is -2.34. The summed E-state index contributed by atoms with van der Waals surface area (Å²) >= 11 is 0. The van der Waals surface area contributed by atoms with Crippen LogP contribution in [-0.2, 0) is 0 Å². The first-order chi connectivity index (χ1) is 10.2. The molecule has 0 bridgehead atoms. The number of pyridine rings is 1. The minimum absolute atomic E-state index is 0.113. The fourth-order valence-corrected chi connectivity index (χ4v) is 1.62. The van der Waals surface area contributed by atoms with Gasteiger partial charge >= 0.3 is 0 Å². The fraction of sp³-hybridized carbons (Fsp3) is 0.267. The lowest BCUT2D eigenvalue weighted by Gasteiger charge is -2.14. The largest absolute Gasteiger partial charge is 0.491 e. The summed E-state index contributed by atoms with van der Waals surface area (Å²) < 4.78 is 23.0. The summed E-state index contributed by atoms with van der Waals surface area (Å²) in [5, 5.41) is 12.9. The molecule has 0 aliphatic carbocycles. The van der Waals surface area contributed by atoms with E-state index in [4.69, 9.17) is 9.47 Å². The summed E-state index contributed by atoms with van der Waals surface area (Å²) in [4.78, 5) is 4.04. The molecule has 0 saturated heterocycles. The Morgan fingerprint density at radius 2 is 2.00 bits per heavy atom. The number of methoxy groups -OCH3 is 1. The van der Waals surface area contributed by atoms with Gasteiger partial charge in [-0.2, -0.15) is 0 Å². The zero-order valence-corrected chi connectivity index (χ0v) is 11.6. The van der Waals surface area contributed by atoms with E-state index in [1.54, 1.807) is 25.4 Å². The maximum atomic E-state index is 12.7. The van der Waals surface area contributed by atoms with Gasteiger partial charge in [0.15, 0.2) is 0 Å². The number of aromatic nitrogens is 1. The molecule has 0 amide bonds. The first-order valence-corrected chi connectivity index (χ1v) is 6.47. The van der Waals surface area contributed by atoms with Gasteiger partial charge < -0.3 is 19.9 Å². The van der Waals surface area contributed by atoms with E-state index in [9.17, 15) is 9.50 Å². The second-order valence-electron chi connectivity index (χ2n) is 4.39. The van der Waals surface area contributed by atoms with Crippen molar-refractivity contribution in [1.82, 2.24) is 4.98 Å². The van der Waals surface area contributed by atoms with Gasteiger partial charge in [-0.15, -0.1) is 0 Å².